The highest BCUT2D eigenvalue weighted by molar-refractivity contribution is 5.92. The summed E-state index contributed by atoms with van der Waals surface area (Å²) in [6, 6.07) is 3.95. The third-order valence-electron chi connectivity index (χ3n) is 7.14. The van der Waals surface area contributed by atoms with E-state index in [2.05, 4.69) is 5.32 Å². The second-order valence-corrected chi connectivity index (χ2v) is 11.1. The topological polar surface area (TPSA) is 295 Å². The Labute approximate surface area is 280 Å². The van der Waals surface area contributed by atoms with Gasteiger partial charge in [0.15, 0.2) is 0 Å². The fourth-order valence-electron chi connectivity index (χ4n) is 4.99. The van der Waals surface area contributed by atoms with Crippen LogP contribution in [0.1, 0.15) is 5.56 Å². The van der Waals surface area contributed by atoms with E-state index >= 15 is 0 Å². The summed E-state index contributed by atoms with van der Waals surface area (Å²) in [5.74, 6) is -9.51. The average Bonchev–Trinajstić information content (AvgIpc) is 2.96. The Morgan fingerprint density at radius 1 is 0.592 bits per heavy atom. The van der Waals surface area contributed by atoms with E-state index < -0.39 is 81.1 Å². The highest BCUT2D eigenvalue weighted by Gasteiger charge is 2.20. The van der Waals surface area contributed by atoms with Crippen molar-refractivity contribution in [1.29, 1.82) is 0 Å². The van der Waals surface area contributed by atoms with Crippen LogP contribution < -0.4 is 40.7 Å². The molecule has 0 bridgehead atoms. The van der Waals surface area contributed by atoms with Gasteiger partial charge in [0, 0.05) is 103 Å². The quantitative estimate of drug-likeness (QED) is 0.149. The molecule has 1 aromatic rings. The molecule has 0 unspecified atom stereocenters. The minimum atomic E-state index is -1.60. The lowest BCUT2D eigenvalue weighted by molar-refractivity contribution is -0.311. The molecule has 1 aliphatic rings. The predicted octanol–water partition coefficient (Wildman–Crippen LogP) is -10.5. The van der Waals surface area contributed by atoms with Gasteiger partial charge in [0.2, 0.25) is 5.91 Å². The molecule has 0 saturated carbocycles. The molecular formula is C29H36N6O14-6. The van der Waals surface area contributed by atoms with E-state index in [1.807, 2.05) is 0 Å². The van der Waals surface area contributed by atoms with Crippen molar-refractivity contribution in [2.45, 2.75) is 6.54 Å². The number of aliphatic carboxylic acids is 6. The molecular weight excluding hydrogens is 656 g/mol. The van der Waals surface area contributed by atoms with Crippen LogP contribution in [0, 0.1) is 0 Å². The summed E-state index contributed by atoms with van der Waals surface area (Å²) in [6.07, 6.45) is 0. The number of carboxylic acids is 6. The van der Waals surface area contributed by atoms with E-state index in [1.54, 1.807) is 4.90 Å². The largest absolute Gasteiger partial charge is 0.549 e. The van der Waals surface area contributed by atoms with E-state index in [9.17, 15) is 64.2 Å². The van der Waals surface area contributed by atoms with Crippen molar-refractivity contribution < 1.29 is 68.9 Å². The second-order valence-electron chi connectivity index (χ2n) is 11.1. The maximum absolute atomic E-state index is 13.2. The van der Waals surface area contributed by atoms with E-state index in [1.165, 1.54) is 32.9 Å². The molecule has 0 aromatic heterocycles. The van der Waals surface area contributed by atoms with Crippen LogP contribution in [0.25, 0.3) is 0 Å². The molecule has 0 aliphatic carbocycles. The predicted molar refractivity (Wildman–Crippen MR) is 152 cm³/mol. The molecule has 1 aliphatic heterocycles. The standard InChI is InChI=1S/C29H42N6O14/c36-23(30-21-1-2-22(49-19-29(47)48)20(11-21)12-35(17-27(43)44)18-28(45)46)13-31-3-5-32(14-24(37)38)7-9-34(16-26(41)42)10-8-33(6-4-31)15-25(39)40/h1-2,11H,3-10,12-19H2,(H,30,36)(H,37,38)(H,39,40)(H,41,42)(H,43,44)(H,45,46)(H,47,48)/p-6. The second kappa shape index (κ2) is 20.5. The Hall–Kier alpha value is -4.89. The fourth-order valence-corrected chi connectivity index (χ4v) is 4.99. The first kappa shape index (κ1) is 40.3. The van der Waals surface area contributed by atoms with Gasteiger partial charge in [-0.2, -0.15) is 0 Å². The monoisotopic (exact) mass is 692 g/mol. The van der Waals surface area contributed by atoms with Gasteiger partial charge in [0.1, 0.15) is 12.4 Å². The van der Waals surface area contributed by atoms with Crippen LogP contribution in [-0.4, -0.2) is 164 Å². The summed E-state index contributed by atoms with van der Waals surface area (Å²) in [7, 11) is 0. The van der Waals surface area contributed by atoms with Gasteiger partial charge in [-0.25, -0.2) is 0 Å². The van der Waals surface area contributed by atoms with Crippen molar-refractivity contribution in [3.8, 4) is 5.75 Å². The van der Waals surface area contributed by atoms with Crippen LogP contribution in [0.15, 0.2) is 18.2 Å². The van der Waals surface area contributed by atoms with Crippen LogP contribution >= 0.6 is 0 Å². The van der Waals surface area contributed by atoms with Crippen molar-refractivity contribution in [3.63, 3.8) is 0 Å². The number of benzene rings is 1. The van der Waals surface area contributed by atoms with E-state index in [0.717, 1.165) is 4.90 Å². The van der Waals surface area contributed by atoms with Gasteiger partial charge in [-0.15, -0.1) is 0 Å². The molecule has 1 N–H and O–H groups in total. The molecule has 1 amide bonds. The number of carbonyl (C=O) groups excluding carboxylic acids is 7. The summed E-state index contributed by atoms with van der Waals surface area (Å²) in [5.41, 5.74) is 0.249. The fraction of sp³-hybridized carbons (Fsp3) is 0.552. The summed E-state index contributed by atoms with van der Waals surface area (Å²) >= 11 is 0. The lowest BCUT2D eigenvalue weighted by Crippen LogP contribution is -2.51. The molecule has 1 saturated heterocycles. The summed E-state index contributed by atoms with van der Waals surface area (Å²) in [4.78, 5) is 87.5. The maximum atomic E-state index is 13.2. The third-order valence-corrected chi connectivity index (χ3v) is 7.14. The van der Waals surface area contributed by atoms with Gasteiger partial charge in [0.05, 0.1) is 42.4 Å². The van der Waals surface area contributed by atoms with Gasteiger partial charge < -0.3 is 69.5 Å². The first-order valence-corrected chi connectivity index (χ1v) is 15.0. The van der Waals surface area contributed by atoms with E-state index in [0.29, 0.717) is 0 Å². The molecule has 20 nitrogen and oxygen atoms in total. The average molecular weight is 693 g/mol. The van der Waals surface area contributed by atoms with Gasteiger partial charge >= 0.3 is 0 Å². The molecule has 272 valence electrons. The smallest absolute Gasteiger partial charge is 0.238 e. The van der Waals surface area contributed by atoms with Crippen LogP contribution in [0.4, 0.5) is 5.69 Å². The first-order chi connectivity index (χ1) is 23.1. The Morgan fingerprint density at radius 3 is 1.37 bits per heavy atom. The van der Waals surface area contributed by atoms with Crippen molar-refractivity contribution in [2.24, 2.45) is 0 Å². The molecule has 0 radical (unpaired) electrons. The number of anilines is 1. The molecule has 1 aromatic carbocycles. The van der Waals surface area contributed by atoms with Gasteiger partial charge in [-0.1, -0.05) is 0 Å². The normalized spacial score (nSPS) is 15.9. The lowest BCUT2D eigenvalue weighted by Gasteiger charge is -2.34. The lowest BCUT2D eigenvalue weighted by atomic mass is 10.1. The molecule has 0 spiro atoms. The first-order valence-electron chi connectivity index (χ1n) is 15.0. The molecule has 1 fully saturated rings. The number of hydrogen-bond acceptors (Lipinski definition) is 19. The van der Waals surface area contributed by atoms with Gasteiger partial charge in [-0.05, 0) is 18.2 Å². The van der Waals surface area contributed by atoms with E-state index in [-0.39, 0.29) is 82.4 Å². The highest BCUT2D eigenvalue weighted by atomic mass is 16.5. The number of rotatable bonds is 18. The molecule has 0 atom stereocenters. The number of nitrogens with one attached hydrogen (secondary N) is 1. The zero-order valence-corrected chi connectivity index (χ0v) is 26.5. The molecule has 1 heterocycles. The zero-order chi connectivity index (χ0) is 36.5. The number of ether oxygens (including phenoxy) is 1. The van der Waals surface area contributed by atoms with Crippen LogP contribution in [0.2, 0.25) is 0 Å². The minimum absolute atomic E-state index is 0.0637. The number of amides is 1. The van der Waals surface area contributed by atoms with Crippen LogP contribution in [0.5, 0.6) is 5.75 Å². The van der Waals surface area contributed by atoms with Crippen molar-refractivity contribution in [2.75, 3.05) is 104 Å². The Morgan fingerprint density at radius 2 is 1.00 bits per heavy atom. The molecule has 49 heavy (non-hydrogen) atoms. The van der Waals surface area contributed by atoms with E-state index in [4.69, 9.17) is 4.74 Å². The minimum Gasteiger partial charge on any atom is -0.549 e. The maximum Gasteiger partial charge on any atom is 0.238 e. The zero-order valence-electron chi connectivity index (χ0n) is 26.5. The van der Waals surface area contributed by atoms with Gasteiger partial charge in [-0.3, -0.25) is 29.3 Å². The number of nitrogens with zero attached hydrogens (tertiary/aromatic N) is 5. The molecule has 2 rings (SSSR count). The van der Waals surface area contributed by atoms with Gasteiger partial charge in [0.25, 0.3) is 0 Å². The third kappa shape index (κ3) is 17.2. The number of hydrogen-bond donors (Lipinski definition) is 1. The summed E-state index contributed by atoms with van der Waals surface area (Å²) < 4.78 is 5.19. The van der Waals surface area contributed by atoms with Crippen molar-refractivity contribution >= 4 is 47.4 Å². The highest BCUT2D eigenvalue weighted by Crippen LogP contribution is 2.25. The Kier molecular flexibility index (Phi) is 16.8. The van der Waals surface area contributed by atoms with Crippen molar-refractivity contribution in [3.05, 3.63) is 23.8 Å². The summed E-state index contributed by atoms with van der Waals surface area (Å²) in [5, 5.41) is 69.9. The Balaban J connectivity index is 2.27. The van der Waals surface area contributed by atoms with Crippen LogP contribution in [-0.2, 0) is 40.1 Å². The van der Waals surface area contributed by atoms with Crippen molar-refractivity contribution in [1.82, 2.24) is 24.5 Å². The SMILES string of the molecule is O=C([O-])COc1ccc(NC(=O)CN2CCN(CC(=O)[O-])CCN(CC(=O)[O-])CCN(CC(=O)[O-])CC2)cc1CN(CC(=O)[O-])CC(=O)[O-]. The van der Waals surface area contributed by atoms with Crippen LogP contribution in [0.3, 0.4) is 0 Å². The number of carboxylic acid groups (broad SMARTS) is 6. The number of carbonyl (C=O) groups is 7. The summed E-state index contributed by atoms with van der Waals surface area (Å²) in [6.45, 7) is -3.63. The Bertz CT molecular complexity index is 1300. The molecule has 20 heteroatoms.